The van der Waals surface area contributed by atoms with Crippen LogP contribution in [0, 0.1) is 5.92 Å². The van der Waals surface area contributed by atoms with Crippen molar-refractivity contribution in [3.8, 4) is 5.88 Å². The molecule has 1 unspecified atom stereocenters. The van der Waals surface area contributed by atoms with Gasteiger partial charge in [-0.2, -0.15) is 0 Å². The third-order valence-electron chi connectivity index (χ3n) is 5.45. The molecule has 2 heterocycles. The second-order valence-corrected chi connectivity index (χ2v) is 7.62. The second-order valence-electron chi connectivity index (χ2n) is 7.62. The number of hydrogen-bond donors (Lipinski definition) is 1. The normalized spacial score (nSPS) is 15.9. The van der Waals surface area contributed by atoms with Gasteiger partial charge in [-0.3, -0.25) is 4.79 Å². The summed E-state index contributed by atoms with van der Waals surface area (Å²) in [4.78, 5) is 36.4. The van der Waals surface area contributed by atoms with E-state index in [4.69, 9.17) is 14.5 Å². The molecular weight excluding hydrogens is 408 g/mol. The highest BCUT2D eigenvalue weighted by molar-refractivity contribution is 5.96. The molecular formula is C24H26N4O4. The topological polar surface area (TPSA) is 93.7 Å². The van der Waals surface area contributed by atoms with Crippen LogP contribution in [0.1, 0.15) is 30.1 Å². The van der Waals surface area contributed by atoms with Gasteiger partial charge in [-0.05, 0) is 50.1 Å². The number of rotatable bonds is 6. The highest BCUT2D eigenvalue weighted by Gasteiger charge is 2.29. The molecule has 3 aromatic rings. The molecule has 0 aliphatic carbocycles. The number of ether oxygens (including phenoxy) is 2. The van der Waals surface area contributed by atoms with Crippen LogP contribution in [0.5, 0.6) is 5.88 Å². The number of hydrogen-bond acceptors (Lipinski definition) is 7. The Morgan fingerprint density at radius 2 is 1.91 bits per heavy atom. The van der Waals surface area contributed by atoms with Gasteiger partial charge in [-0.15, -0.1) is 0 Å². The third-order valence-corrected chi connectivity index (χ3v) is 5.45. The van der Waals surface area contributed by atoms with Gasteiger partial charge in [-0.25, -0.2) is 14.8 Å². The fourth-order valence-electron chi connectivity index (χ4n) is 3.88. The van der Waals surface area contributed by atoms with Gasteiger partial charge in [0.15, 0.2) is 5.82 Å². The van der Waals surface area contributed by atoms with Crippen LogP contribution in [0.2, 0.25) is 0 Å². The number of nitrogens with one attached hydrogen (secondary N) is 1. The number of carbonyl (C=O) groups is 2. The number of para-hydroxylation sites is 2. The third kappa shape index (κ3) is 4.64. The fraction of sp³-hybridized carbons (Fsp3) is 0.333. The summed E-state index contributed by atoms with van der Waals surface area (Å²) in [7, 11) is 1.58. The number of aromatic nitrogens is 2. The second kappa shape index (κ2) is 9.64. The van der Waals surface area contributed by atoms with Crippen molar-refractivity contribution < 1.29 is 19.1 Å². The van der Waals surface area contributed by atoms with Crippen LogP contribution in [0.15, 0.2) is 48.5 Å². The average molecular weight is 434 g/mol. The van der Waals surface area contributed by atoms with Gasteiger partial charge in [0.2, 0.25) is 5.91 Å². The van der Waals surface area contributed by atoms with Crippen LogP contribution in [0.3, 0.4) is 0 Å². The lowest BCUT2D eigenvalue weighted by atomic mass is 9.97. The van der Waals surface area contributed by atoms with E-state index < -0.39 is 5.97 Å². The molecule has 0 saturated carbocycles. The Hall–Kier alpha value is -3.68. The van der Waals surface area contributed by atoms with E-state index in [0.717, 1.165) is 30.4 Å². The largest absolute Gasteiger partial charge is 0.478 e. The van der Waals surface area contributed by atoms with E-state index in [9.17, 15) is 9.59 Å². The molecule has 1 aliphatic rings. The van der Waals surface area contributed by atoms with Crippen molar-refractivity contribution in [2.75, 3.05) is 37.0 Å². The molecule has 1 N–H and O–H groups in total. The van der Waals surface area contributed by atoms with Crippen molar-refractivity contribution in [2.24, 2.45) is 5.92 Å². The summed E-state index contributed by atoms with van der Waals surface area (Å²) in [6, 6.07) is 14.4. The summed E-state index contributed by atoms with van der Waals surface area (Å²) >= 11 is 0. The zero-order valence-electron chi connectivity index (χ0n) is 18.2. The van der Waals surface area contributed by atoms with E-state index in [1.165, 1.54) is 0 Å². The van der Waals surface area contributed by atoms with Crippen molar-refractivity contribution in [3.63, 3.8) is 0 Å². The molecule has 0 radical (unpaired) electrons. The minimum atomic E-state index is -0.408. The molecule has 8 nitrogen and oxygen atoms in total. The zero-order chi connectivity index (χ0) is 22.5. The molecule has 1 aliphatic heterocycles. The smallest absolute Gasteiger partial charge is 0.338 e. The van der Waals surface area contributed by atoms with Crippen LogP contribution in [0.25, 0.3) is 11.0 Å². The lowest BCUT2D eigenvalue weighted by Gasteiger charge is -2.33. The van der Waals surface area contributed by atoms with Gasteiger partial charge in [0, 0.05) is 18.8 Å². The number of fused-ring (bicyclic) bond motifs is 1. The van der Waals surface area contributed by atoms with Crippen molar-refractivity contribution in [3.05, 3.63) is 54.1 Å². The first-order valence-corrected chi connectivity index (χ1v) is 10.7. The summed E-state index contributed by atoms with van der Waals surface area (Å²) in [5.74, 6) is 0.366. The molecule has 4 rings (SSSR count). The molecule has 0 bridgehead atoms. The maximum absolute atomic E-state index is 13.0. The number of amides is 1. The number of anilines is 2. The Kier molecular flexibility index (Phi) is 6.49. The van der Waals surface area contributed by atoms with Gasteiger partial charge in [0.25, 0.3) is 5.88 Å². The Balaban J connectivity index is 1.50. The number of benzene rings is 2. The first-order chi connectivity index (χ1) is 15.6. The SMILES string of the molecule is CCOC(=O)c1cccc(NC(=O)C2CCCN(c3nc4ccccc4nc3OC)C2)c1. The minimum absolute atomic E-state index is 0.0941. The van der Waals surface area contributed by atoms with E-state index in [0.29, 0.717) is 36.1 Å². The lowest BCUT2D eigenvalue weighted by molar-refractivity contribution is -0.120. The quantitative estimate of drug-likeness (QED) is 0.592. The monoisotopic (exact) mass is 434 g/mol. The summed E-state index contributed by atoms with van der Waals surface area (Å²) in [5.41, 5.74) is 2.53. The Bertz CT molecular complexity index is 1130. The highest BCUT2D eigenvalue weighted by atomic mass is 16.5. The molecule has 1 amide bonds. The molecule has 32 heavy (non-hydrogen) atoms. The number of carbonyl (C=O) groups excluding carboxylic acids is 2. The Morgan fingerprint density at radius 1 is 1.12 bits per heavy atom. The van der Waals surface area contributed by atoms with Crippen LogP contribution in [0.4, 0.5) is 11.5 Å². The molecule has 1 fully saturated rings. The van der Waals surface area contributed by atoms with Crippen LogP contribution < -0.4 is 15.0 Å². The summed E-state index contributed by atoms with van der Waals surface area (Å²) in [5, 5.41) is 2.94. The van der Waals surface area contributed by atoms with Gasteiger partial charge < -0.3 is 19.7 Å². The van der Waals surface area contributed by atoms with Gasteiger partial charge in [0.05, 0.1) is 36.2 Å². The first kappa shape index (κ1) is 21.5. The summed E-state index contributed by atoms with van der Waals surface area (Å²) < 4.78 is 10.5. The summed E-state index contributed by atoms with van der Waals surface area (Å²) in [6.07, 6.45) is 1.61. The Morgan fingerprint density at radius 3 is 2.66 bits per heavy atom. The van der Waals surface area contributed by atoms with Crippen molar-refractivity contribution in [1.29, 1.82) is 0 Å². The predicted octanol–water partition coefficient (Wildman–Crippen LogP) is 3.67. The maximum Gasteiger partial charge on any atom is 0.338 e. The lowest BCUT2D eigenvalue weighted by Crippen LogP contribution is -2.41. The molecule has 1 saturated heterocycles. The predicted molar refractivity (Wildman–Crippen MR) is 122 cm³/mol. The number of esters is 1. The van der Waals surface area contributed by atoms with Gasteiger partial charge in [0.1, 0.15) is 0 Å². The van der Waals surface area contributed by atoms with Gasteiger partial charge >= 0.3 is 5.97 Å². The first-order valence-electron chi connectivity index (χ1n) is 10.7. The average Bonchev–Trinajstić information content (AvgIpc) is 2.83. The van der Waals surface area contributed by atoms with E-state index in [1.54, 1.807) is 38.3 Å². The highest BCUT2D eigenvalue weighted by Crippen LogP contribution is 2.30. The van der Waals surface area contributed by atoms with Gasteiger partial charge in [-0.1, -0.05) is 18.2 Å². The molecule has 0 spiro atoms. The van der Waals surface area contributed by atoms with Crippen molar-refractivity contribution in [2.45, 2.75) is 19.8 Å². The van der Waals surface area contributed by atoms with Crippen LogP contribution >= 0.6 is 0 Å². The number of piperidine rings is 1. The zero-order valence-corrected chi connectivity index (χ0v) is 18.2. The minimum Gasteiger partial charge on any atom is -0.478 e. The van der Waals surface area contributed by atoms with Crippen molar-refractivity contribution in [1.82, 2.24) is 9.97 Å². The van der Waals surface area contributed by atoms with Crippen molar-refractivity contribution >= 4 is 34.4 Å². The number of nitrogens with zero attached hydrogens (tertiary/aromatic N) is 3. The van der Waals surface area contributed by atoms with Crippen LogP contribution in [-0.4, -0.2) is 48.7 Å². The molecule has 1 aromatic heterocycles. The Labute approximate surface area is 186 Å². The summed E-state index contributed by atoms with van der Waals surface area (Å²) in [6.45, 7) is 3.33. The molecule has 2 aromatic carbocycles. The van der Waals surface area contributed by atoms with E-state index in [-0.39, 0.29) is 11.8 Å². The molecule has 8 heteroatoms. The van der Waals surface area contributed by atoms with Crippen LogP contribution in [-0.2, 0) is 9.53 Å². The fourth-order valence-corrected chi connectivity index (χ4v) is 3.88. The van der Waals surface area contributed by atoms with E-state index in [1.807, 2.05) is 24.3 Å². The standard InChI is InChI=1S/C24H26N4O4/c1-3-32-24(30)16-8-6-10-18(14-16)25-22(29)17-9-7-13-28(15-17)21-23(31-2)27-20-12-5-4-11-19(20)26-21/h4-6,8,10-12,14,17H,3,7,9,13,15H2,1-2H3,(H,25,29). The molecule has 166 valence electrons. The molecule has 1 atom stereocenters. The maximum atomic E-state index is 13.0. The number of methoxy groups -OCH3 is 1. The van der Waals surface area contributed by atoms with E-state index in [2.05, 4.69) is 15.2 Å². The van der Waals surface area contributed by atoms with E-state index >= 15 is 0 Å².